The Balaban J connectivity index is 2.81. The highest BCUT2D eigenvalue weighted by Gasteiger charge is 2.41. The van der Waals surface area contributed by atoms with E-state index in [1.807, 2.05) is 13.8 Å². The van der Waals surface area contributed by atoms with Crippen LogP contribution in [0.3, 0.4) is 0 Å². The van der Waals surface area contributed by atoms with Crippen LogP contribution in [0.15, 0.2) is 0 Å². The molecule has 5 nitrogen and oxygen atoms in total. The molecule has 1 unspecified atom stereocenters. The van der Waals surface area contributed by atoms with Gasteiger partial charge in [0.05, 0.1) is 0 Å². The van der Waals surface area contributed by atoms with Gasteiger partial charge in [-0.2, -0.15) is 0 Å². The van der Waals surface area contributed by atoms with Crippen LogP contribution >= 0.6 is 0 Å². The first-order chi connectivity index (χ1) is 6.24. The lowest BCUT2D eigenvalue weighted by molar-refractivity contribution is -0.127. The van der Waals surface area contributed by atoms with Gasteiger partial charge in [-0.1, -0.05) is 0 Å². The smallest absolute Gasteiger partial charge is 0.324 e. The molecule has 1 saturated heterocycles. The highest BCUT2D eigenvalue weighted by atomic mass is 16.2. The summed E-state index contributed by atoms with van der Waals surface area (Å²) in [7, 11) is 1.49. The Morgan fingerprint density at radius 2 is 1.93 bits per heavy atom. The van der Waals surface area contributed by atoms with E-state index in [0.29, 0.717) is 6.54 Å². The number of likely N-dealkylation sites (N-methyl/N-ethyl adjacent to an activating group) is 1. The Morgan fingerprint density at radius 3 is 2.21 bits per heavy atom. The van der Waals surface area contributed by atoms with E-state index in [9.17, 15) is 9.59 Å². The maximum Gasteiger partial charge on any atom is 0.327 e. The topological polar surface area (TPSA) is 66.6 Å². The van der Waals surface area contributed by atoms with Crippen LogP contribution in [0.4, 0.5) is 4.79 Å². The summed E-state index contributed by atoms with van der Waals surface area (Å²) >= 11 is 0. The quantitative estimate of drug-likeness (QED) is 0.637. The minimum Gasteiger partial charge on any atom is -0.324 e. The molecule has 1 heterocycles. The van der Waals surface area contributed by atoms with E-state index in [0.717, 1.165) is 4.90 Å². The van der Waals surface area contributed by atoms with E-state index >= 15 is 0 Å². The van der Waals surface area contributed by atoms with Crippen molar-refractivity contribution in [1.29, 1.82) is 0 Å². The number of rotatable bonds is 2. The summed E-state index contributed by atoms with van der Waals surface area (Å²) < 4.78 is 0. The molecule has 1 aliphatic rings. The maximum atomic E-state index is 11.6. The largest absolute Gasteiger partial charge is 0.327 e. The van der Waals surface area contributed by atoms with Gasteiger partial charge in [0.25, 0.3) is 5.91 Å². The SMILES string of the molecule is CC1C(=O)N(C)C(=O)N1CC(C)(C)N. The van der Waals surface area contributed by atoms with Crippen molar-refractivity contribution >= 4 is 11.9 Å². The molecule has 0 spiro atoms. The molecule has 0 aliphatic carbocycles. The van der Waals surface area contributed by atoms with Crippen molar-refractivity contribution < 1.29 is 9.59 Å². The third-order valence-electron chi connectivity index (χ3n) is 2.27. The maximum absolute atomic E-state index is 11.6. The molecular weight excluding hydrogens is 182 g/mol. The molecule has 0 aromatic heterocycles. The summed E-state index contributed by atoms with van der Waals surface area (Å²) in [5, 5.41) is 0. The molecule has 80 valence electrons. The minimum atomic E-state index is -0.477. The van der Waals surface area contributed by atoms with Crippen LogP contribution in [-0.2, 0) is 4.79 Å². The van der Waals surface area contributed by atoms with Crippen molar-refractivity contribution in [3.8, 4) is 0 Å². The van der Waals surface area contributed by atoms with Crippen LogP contribution in [0.1, 0.15) is 20.8 Å². The minimum absolute atomic E-state index is 0.167. The van der Waals surface area contributed by atoms with Gasteiger partial charge in [-0.15, -0.1) is 0 Å². The van der Waals surface area contributed by atoms with Gasteiger partial charge in [-0.3, -0.25) is 9.69 Å². The summed E-state index contributed by atoms with van der Waals surface area (Å²) in [4.78, 5) is 25.7. The van der Waals surface area contributed by atoms with Crippen molar-refractivity contribution in [3.63, 3.8) is 0 Å². The van der Waals surface area contributed by atoms with E-state index in [-0.39, 0.29) is 11.9 Å². The molecule has 2 N–H and O–H groups in total. The number of nitrogens with zero attached hydrogens (tertiary/aromatic N) is 2. The zero-order chi connectivity index (χ0) is 11.1. The highest BCUT2D eigenvalue weighted by molar-refractivity contribution is 6.03. The molecule has 1 aliphatic heterocycles. The molecule has 1 rings (SSSR count). The molecule has 0 aromatic rings. The van der Waals surface area contributed by atoms with E-state index in [2.05, 4.69) is 0 Å². The average molecular weight is 199 g/mol. The molecule has 0 saturated carbocycles. The van der Waals surface area contributed by atoms with Crippen molar-refractivity contribution in [2.45, 2.75) is 32.4 Å². The van der Waals surface area contributed by atoms with Gasteiger partial charge in [-0.05, 0) is 20.8 Å². The number of amides is 3. The van der Waals surface area contributed by atoms with E-state index in [1.165, 1.54) is 11.9 Å². The van der Waals surface area contributed by atoms with Gasteiger partial charge in [0.15, 0.2) is 0 Å². The second kappa shape index (κ2) is 3.24. The summed E-state index contributed by atoms with van der Waals surface area (Å²) in [6, 6.07) is -0.656. The van der Waals surface area contributed by atoms with Crippen molar-refractivity contribution in [1.82, 2.24) is 9.80 Å². The number of nitrogens with two attached hydrogens (primary N) is 1. The third kappa shape index (κ3) is 1.87. The Bertz CT molecular complexity index is 270. The van der Waals surface area contributed by atoms with Crippen LogP contribution in [0.2, 0.25) is 0 Å². The lowest BCUT2D eigenvalue weighted by Gasteiger charge is -2.27. The Morgan fingerprint density at radius 1 is 1.43 bits per heavy atom. The molecule has 1 atom stereocenters. The lowest BCUT2D eigenvalue weighted by Crippen LogP contribution is -2.48. The predicted molar refractivity (Wildman–Crippen MR) is 52.6 cm³/mol. The van der Waals surface area contributed by atoms with Crippen molar-refractivity contribution in [3.05, 3.63) is 0 Å². The first-order valence-corrected chi connectivity index (χ1v) is 4.61. The second-order valence-electron chi connectivity index (χ2n) is 4.47. The Kier molecular flexibility index (Phi) is 2.54. The fourth-order valence-electron chi connectivity index (χ4n) is 1.51. The standard InChI is InChI=1S/C9H17N3O2/c1-6-7(13)11(4)8(14)12(6)5-9(2,3)10/h6H,5,10H2,1-4H3. The van der Waals surface area contributed by atoms with Crippen LogP contribution in [0.5, 0.6) is 0 Å². The van der Waals surface area contributed by atoms with Crippen LogP contribution < -0.4 is 5.73 Å². The zero-order valence-electron chi connectivity index (χ0n) is 9.07. The number of hydrogen-bond acceptors (Lipinski definition) is 3. The average Bonchev–Trinajstić information content (AvgIpc) is 2.20. The first kappa shape index (κ1) is 11.0. The molecule has 0 bridgehead atoms. The van der Waals surface area contributed by atoms with Gasteiger partial charge in [0.1, 0.15) is 6.04 Å². The number of carbonyl (C=O) groups excluding carboxylic acids is 2. The Labute approximate surface area is 83.8 Å². The molecular formula is C9H17N3O2. The van der Waals surface area contributed by atoms with Gasteiger partial charge in [0.2, 0.25) is 0 Å². The van der Waals surface area contributed by atoms with E-state index in [1.54, 1.807) is 6.92 Å². The monoisotopic (exact) mass is 199 g/mol. The second-order valence-corrected chi connectivity index (χ2v) is 4.47. The molecule has 3 amide bonds. The molecule has 14 heavy (non-hydrogen) atoms. The third-order valence-corrected chi connectivity index (χ3v) is 2.27. The first-order valence-electron chi connectivity index (χ1n) is 4.61. The van der Waals surface area contributed by atoms with Crippen LogP contribution in [-0.4, -0.2) is 46.9 Å². The summed E-state index contributed by atoms with van der Waals surface area (Å²) in [5.74, 6) is -0.167. The van der Waals surface area contributed by atoms with Gasteiger partial charge < -0.3 is 10.6 Å². The van der Waals surface area contributed by atoms with Crippen molar-refractivity contribution in [2.75, 3.05) is 13.6 Å². The fourth-order valence-corrected chi connectivity index (χ4v) is 1.51. The van der Waals surface area contributed by atoms with E-state index < -0.39 is 11.6 Å². The lowest BCUT2D eigenvalue weighted by atomic mass is 10.1. The number of hydrogen-bond donors (Lipinski definition) is 1. The molecule has 1 fully saturated rings. The van der Waals surface area contributed by atoms with E-state index in [4.69, 9.17) is 5.73 Å². The summed E-state index contributed by atoms with van der Waals surface area (Å²) in [5.41, 5.74) is 5.33. The summed E-state index contributed by atoms with van der Waals surface area (Å²) in [6.45, 7) is 5.77. The number of carbonyl (C=O) groups is 2. The van der Waals surface area contributed by atoms with Crippen molar-refractivity contribution in [2.24, 2.45) is 5.73 Å². The van der Waals surface area contributed by atoms with Crippen LogP contribution in [0, 0.1) is 0 Å². The fraction of sp³-hybridized carbons (Fsp3) is 0.778. The number of imide groups is 1. The van der Waals surface area contributed by atoms with Gasteiger partial charge >= 0.3 is 6.03 Å². The normalized spacial score (nSPS) is 23.6. The summed E-state index contributed by atoms with van der Waals surface area (Å²) in [6.07, 6.45) is 0. The van der Waals surface area contributed by atoms with Crippen LogP contribution in [0.25, 0.3) is 0 Å². The number of urea groups is 1. The molecule has 0 radical (unpaired) electrons. The van der Waals surface area contributed by atoms with Gasteiger partial charge in [0, 0.05) is 19.1 Å². The van der Waals surface area contributed by atoms with Gasteiger partial charge in [-0.25, -0.2) is 4.79 Å². The zero-order valence-corrected chi connectivity index (χ0v) is 9.07. The molecule has 0 aromatic carbocycles. The predicted octanol–water partition coefficient (Wildman–Crippen LogP) is 0.00620. The molecule has 5 heteroatoms. The highest BCUT2D eigenvalue weighted by Crippen LogP contribution is 2.17. The Hall–Kier alpha value is -1.10.